The highest BCUT2D eigenvalue weighted by molar-refractivity contribution is 6.32. The fourth-order valence-electron chi connectivity index (χ4n) is 1.97. The monoisotopic (exact) mass is 259 g/mol. The van der Waals surface area contributed by atoms with E-state index in [2.05, 4.69) is 22.2 Å². The van der Waals surface area contributed by atoms with Crippen LogP contribution in [-0.2, 0) is 6.54 Å². The summed E-state index contributed by atoms with van der Waals surface area (Å²) in [6, 6.07) is 4.31. The summed E-state index contributed by atoms with van der Waals surface area (Å²) in [5.74, 6) is 0. The van der Waals surface area contributed by atoms with Gasteiger partial charge in [-0.25, -0.2) is 4.98 Å². The van der Waals surface area contributed by atoms with Crippen molar-refractivity contribution in [1.82, 2.24) is 15.2 Å². The van der Waals surface area contributed by atoms with Crippen LogP contribution in [0.2, 0.25) is 10.3 Å². The van der Waals surface area contributed by atoms with Crippen LogP contribution in [0.4, 0.5) is 0 Å². The molecule has 16 heavy (non-hydrogen) atoms. The molecule has 1 unspecified atom stereocenters. The predicted octanol–water partition coefficient (Wildman–Crippen LogP) is 2.18. The van der Waals surface area contributed by atoms with E-state index in [0.717, 1.165) is 25.2 Å². The molecule has 0 amide bonds. The zero-order valence-corrected chi connectivity index (χ0v) is 10.7. The average Bonchev–Trinajstić information content (AvgIpc) is 2.75. The maximum Gasteiger partial charge on any atom is 0.135 e. The lowest BCUT2D eigenvalue weighted by molar-refractivity contribution is 0.248. The second-order valence-corrected chi connectivity index (χ2v) is 4.89. The van der Waals surface area contributed by atoms with E-state index in [9.17, 15) is 0 Å². The number of hydrogen-bond acceptors (Lipinski definition) is 3. The van der Waals surface area contributed by atoms with Gasteiger partial charge in [0.25, 0.3) is 0 Å². The van der Waals surface area contributed by atoms with Crippen molar-refractivity contribution < 1.29 is 0 Å². The van der Waals surface area contributed by atoms with Crippen LogP contribution in [-0.4, -0.2) is 36.1 Å². The van der Waals surface area contributed by atoms with Crippen LogP contribution in [0.25, 0.3) is 0 Å². The summed E-state index contributed by atoms with van der Waals surface area (Å²) in [6.07, 6.45) is 1.19. The van der Waals surface area contributed by atoms with Crippen LogP contribution in [0.3, 0.4) is 0 Å². The zero-order valence-electron chi connectivity index (χ0n) is 9.21. The second kappa shape index (κ2) is 5.32. The number of rotatable bonds is 3. The molecule has 5 heteroatoms. The maximum atomic E-state index is 6.04. The van der Waals surface area contributed by atoms with Crippen LogP contribution < -0.4 is 5.32 Å². The molecule has 1 N–H and O–H groups in total. The van der Waals surface area contributed by atoms with E-state index in [1.165, 1.54) is 6.42 Å². The lowest BCUT2D eigenvalue weighted by Crippen LogP contribution is -2.32. The van der Waals surface area contributed by atoms with Crippen molar-refractivity contribution in [3.8, 4) is 0 Å². The normalized spacial score (nSPS) is 20.6. The van der Waals surface area contributed by atoms with Crippen LogP contribution in [0.1, 0.15) is 12.0 Å². The van der Waals surface area contributed by atoms with E-state index in [0.29, 0.717) is 16.3 Å². The van der Waals surface area contributed by atoms with Gasteiger partial charge in [0.2, 0.25) is 0 Å². The fourth-order valence-corrected chi connectivity index (χ4v) is 2.38. The van der Waals surface area contributed by atoms with Gasteiger partial charge in [-0.15, -0.1) is 0 Å². The van der Waals surface area contributed by atoms with Gasteiger partial charge < -0.3 is 5.32 Å². The molecule has 0 aromatic carbocycles. The number of halogens is 2. The van der Waals surface area contributed by atoms with Crippen LogP contribution in [0, 0.1) is 0 Å². The minimum absolute atomic E-state index is 0.443. The number of nitrogens with one attached hydrogen (secondary N) is 1. The first-order valence-corrected chi connectivity index (χ1v) is 6.14. The number of hydrogen-bond donors (Lipinski definition) is 1. The van der Waals surface area contributed by atoms with E-state index < -0.39 is 0 Å². The molecule has 0 spiro atoms. The molecular weight excluding hydrogens is 245 g/mol. The van der Waals surface area contributed by atoms with E-state index in [1.807, 2.05) is 6.07 Å². The summed E-state index contributed by atoms with van der Waals surface area (Å²) in [7, 11) is 2.11. The first-order valence-electron chi connectivity index (χ1n) is 5.38. The third-order valence-electron chi connectivity index (χ3n) is 2.97. The molecule has 1 aliphatic heterocycles. The summed E-state index contributed by atoms with van der Waals surface area (Å²) in [4.78, 5) is 6.34. The van der Waals surface area contributed by atoms with Gasteiger partial charge in [0.15, 0.2) is 0 Å². The SMILES string of the molecule is CN(Cc1ccc(Cl)nc1Cl)C1CCNC1. The Morgan fingerprint density at radius 3 is 2.94 bits per heavy atom. The fraction of sp³-hybridized carbons (Fsp3) is 0.545. The number of likely N-dealkylation sites (N-methyl/N-ethyl adjacent to an activating group) is 1. The van der Waals surface area contributed by atoms with Gasteiger partial charge in [-0.1, -0.05) is 29.3 Å². The van der Waals surface area contributed by atoms with Gasteiger partial charge in [0.05, 0.1) is 0 Å². The topological polar surface area (TPSA) is 28.2 Å². The van der Waals surface area contributed by atoms with Gasteiger partial charge in [-0.05, 0) is 26.1 Å². The Hall–Kier alpha value is -0.350. The molecule has 1 aromatic heterocycles. The largest absolute Gasteiger partial charge is 0.315 e. The highest BCUT2D eigenvalue weighted by Crippen LogP contribution is 2.19. The van der Waals surface area contributed by atoms with Gasteiger partial charge in [-0.2, -0.15) is 0 Å². The van der Waals surface area contributed by atoms with E-state index >= 15 is 0 Å². The van der Waals surface area contributed by atoms with Crippen molar-refractivity contribution in [2.75, 3.05) is 20.1 Å². The molecule has 2 heterocycles. The lowest BCUT2D eigenvalue weighted by Gasteiger charge is -2.23. The molecule has 88 valence electrons. The third-order valence-corrected chi connectivity index (χ3v) is 3.51. The van der Waals surface area contributed by atoms with Crippen molar-refractivity contribution in [2.24, 2.45) is 0 Å². The molecule has 3 nitrogen and oxygen atoms in total. The first-order chi connectivity index (χ1) is 7.66. The molecule has 1 fully saturated rings. The van der Waals surface area contributed by atoms with Crippen molar-refractivity contribution in [2.45, 2.75) is 19.0 Å². The number of nitrogens with zero attached hydrogens (tertiary/aromatic N) is 2. The second-order valence-electron chi connectivity index (χ2n) is 4.15. The molecular formula is C11H15Cl2N3. The minimum atomic E-state index is 0.443. The predicted molar refractivity (Wildman–Crippen MR) is 67.0 cm³/mol. The van der Waals surface area contributed by atoms with E-state index in [4.69, 9.17) is 23.2 Å². The molecule has 2 rings (SSSR count). The molecule has 0 aliphatic carbocycles. The zero-order chi connectivity index (χ0) is 11.5. The Morgan fingerprint density at radius 1 is 1.50 bits per heavy atom. The number of pyridine rings is 1. The molecule has 1 aliphatic rings. The van der Waals surface area contributed by atoms with Crippen LogP contribution in [0.15, 0.2) is 12.1 Å². The molecule has 0 bridgehead atoms. The number of aromatic nitrogens is 1. The van der Waals surface area contributed by atoms with E-state index in [-0.39, 0.29) is 0 Å². The lowest BCUT2D eigenvalue weighted by atomic mass is 10.2. The Bertz CT molecular complexity index is 364. The third kappa shape index (κ3) is 2.86. The smallest absolute Gasteiger partial charge is 0.135 e. The van der Waals surface area contributed by atoms with Crippen molar-refractivity contribution >= 4 is 23.2 Å². The van der Waals surface area contributed by atoms with Gasteiger partial charge in [0, 0.05) is 24.7 Å². The highest BCUT2D eigenvalue weighted by atomic mass is 35.5. The molecule has 1 aromatic rings. The van der Waals surface area contributed by atoms with Crippen molar-refractivity contribution in [3.63, 3.8) is 0 Å². The summed E-state index contributed by atoms with van der Waals surface area (Å²) < 4.78 is 0. The molecule has 0 saturated carbocycles. The molecule has 0 radical (unpaired) electrons. The summed E-state index contributed by atoms with van der Waals surface area (Å²) in [5, 5.41) is 4.30. The Balaban J connectivity index is 2.02. The van der Waals surface area contributed by atoms with Crippen molar-refractivity contribution in [1.29, 1.82) is 0 Å². The van der Waals surface area contributed by atoms with E-state index in [1.54, 1.807) is 6.07 Å². The Kier molecular flexibility index (Phi) is 4.03. The average molecular weight is 260 g/mol. The Morgan fingerprint density at radius 2 is 2.31 bits per heavy atom. The van der Waals surface area contributed by atoms with Crippen LogP contribution in [0.5, 0.6) is 0 Å². The Labute approximate surface area is 106 Å². The summed E-state index contributed by atoms with van der Waals surface area (Å²) in [6.45, 7) is 2.96. The van der Waals surface area contributed by atoms with Crippen molar-refractivity contribution in [3.05, 3.63) is 28.0 Å². The molecule has 1 saturated heterocycles. The van der Waals surface area contributed by atoms with Gasteiger partial charge in [-0.3, -0.25) is 4.90 Å². The highest BCUT2D eigenvalue weighted by Gasteiger charge is 2.19. The first kappa shape index (κ1) is 12.1. The summed E-state index contributed by atoms with van der Waals surface area (Å²) >= 11 is 11.8. The quantitative estimate of drug-likeness (QED) is 0.844. The van der Waals surface area contributed by atoms with Gasteiger partial charge in [0.1, 0.15) is 10.3 Å². The maximum absolute atomic E-state index is 6.04. The minimum Gasteiger partial charge on any atom is -0.315 e. The molecule has 1 atom stereocenters. The van der Waals surface area contributed by atoms with Gasteiger partial charge >= 0.3 is 0 Å². The van der Waals surface area contributed by atoms with Crippen LogP contribution >= 0.6 is 23.2 Å². The summed E-state index contributed by atoms with van der Waals surface area (Å²) in [5.41, 5.74) is 1.03. The standard InChI is InChI=1S/C11H15Cl2N3/c1-16(9-4-5-14-6-9)7-8-2-3-10(12)15-11(8)13/h2-3,9,14H,4-7H2,1H3.